The van der Waals surface area contributed by atoms with Crippen LogP contribution >= 0.6 is 0 Å². The van der Waals surface area contributed by atoms with E-state index in [1.165, 1.54) is 32.7 Å². The van der Waals surface area contributed by atoms with Gasteiger partial charge in [0.25, 0.3) is 0 Å². The van der Waals surface area contributed by atoms with Crippen LogP contribution in [0, 0.1) is 0 Å². The Hall–Kier alpha value is -5.87. The van der Waals surface area contributed by atoms with Gasteiger partial charge in [0.05, 0.1) is 27.6 Å². The second-order valence-corrected chi connectivity index (χ2v) is 10.9. The van der Waals surface area contributed by atoms with E-state index in [-0.39, 0.29) is 0 Å². The van der Waals surface area contributed by atoms with Gasteiger partial charge in [0.15, 0.2) is 0 Å². The van der Waals surface area contributed by atoms with E-state index < -0.39 is 0 Å². The highest BCUT2D eigenvalue weighted by Crippen LogP contribution is 2.36. The van der Waals surface area contributed by atoms with Crippen LogP contribution in [0.25, 0.3) is 72.2 Å². The summed E-state index contributed by atoms with van der Waals surface area (Å²) < 4.78 is 6.90. The summed E-state index contributed by atoms with van der Waals surface area (Å²) in [4.78, 5) is 5.05. The first kappa shape index (κ1) is 23.8. The Morgan fingerprint density at radius 3 is 1.84 bits per heavy atom. The van der Waals surface area contributed by atoms with Gasteiger partial charge in [-0.2, -0.15) is 0 Å². The van der Waals surface area contributed by atoms with Crippen LogP contribution in [0.4, 0.5) is 0 Å². The standard InChI is InChI=1S/C39H26N4/c1-3-11-30(12-4-1)42-35-17-9-7-15-32(35)33-25-28-23-24-41(37(28)26-38(33)42)29-21-19-27(20-22-29)39-40-34-16-8-10-18-36(34)43(39)31-13-5-2-6-14-31/h1-26H. The van der Waals surface area contributed by atoms with E-state index in [9.17, 15) is 0 Å². The van der Waals surface area contributed by atoms with Crippen molar-refractivity contribution in [2.45, 2.75) is 0 Å². The molecule has 6 aromatic carbocycles. The maximum absolute atomic E-state index is 5.05. The summed E-state index contributed by atoms with van der Waals surface area (Å²) in [5.41, 5.74) is 10.1. The Bertz CT molecular complexity index is 2430. The van der Waals surface area contributed by atoms with Crippen LogP contribution in [0.15, 0.2) is 158 Å². The number of hydrogen-bond acceptors (Lipinski definition) is 1. The van der Waals surface area contributed by atoms with Gasteiger partial charge in [0.1, 0.15) is 5.82 Å². The predicted molar refractivity (Wildman–Crippen MR) is 178 cm³/mol. The maximum atomic E-state index is 5.05. The average molecular weight is 551 g/mol. The average Bonchev–Trinajstić information content (AvgIpc) is 3.76. The molecule has 43 heavy (non-hydrogen) atoms. The van der Waals surface area contributed by atoms with Crippen molar-refractivity contribution < 1.29 is 0 Å². The van der Waals surface area contributed by atoms with Crippen molar-refractivity contribution in [2.75, 3.05) is 0 Å². The minimum Gasteiger partial charge on any atom is -0.316 e. The van der Waals surface area contributed by atoms with Crippen molar-refractivity contribution in [3.63, 3.8) is 0 Å². The molecule has 0 aliphatic rings. The molecular formula is C39H26N4. The third-order valence-electron chi connectivity index (χ3n) is 8.48. The molecule has 3 heterocycles. The van der Waals surface area contributed by atoms with Gasteiger partial charge in [0, 0.05) is 45.0 Å². The largest absolute Gasteiger partial charge is 0.316 e. The van der Waals surface area contributed by atoms with Crippen molar-refractivity contribution in [3.8, 4) is 28.5 Å². The molecule has 0 unspecified atom stereocenters. The summed E-state index contributed by atoms with van der Waals surface area (Å²) in [6.07, 6.45) is 2.17. The highest BCUT2D eigenvalue weighted by molar-refractivity contribution is 6.13. The van der Waals surface area contributed by atoms with Crippen LogP contribution in [0.2, 0.25) is 0 Å². The molecule has 0 aliphatic heterocycles. The first-order valence-electron chi connectivity index (χ1n) is 14.6. The third kappa shape index (κ3) is 3.67. The number of rotatable bonds is 4. The van der Waals surface area contributed by atoms with Gasteiger partial charge in [-0.1, -0.05) is 66.7 Å². The first-order chi connectivity index (χ1) is 21.3. The Morgan fingerprint density at radius 1 is 0.419 bits per heavy atom. The lowest BCUT2D eigenvalue weighted by Gasteiger charge is -2.11. The van der Waals surface area contributed by atoms with Gasteiger partial charge in [-0.25, -0.2) is 4.98 Å². The Labute approximate surface area is 248 Å². The molecule has 0 saturated heterocycles. The molecule has 9 aromatic rings. The van der Waals surface area contributed by atoms with E-state index in [2.05, 4.69) is 159 Å². The molecule has 0 N–H and O–H groups in total. The summed E-state index contributed by atoms with van der Waals surface area (Å²) in [5, 5.41) is 3.75. The number of fused-ring (bicyclic) bond motifs is 5. The fraction of sp³-hybridized carbons (Fsp3) is 0. The smallest absolute Gasteiger partial charge is 0.145 e. The van der Waals surface area contributed by atoms with Crippen molar-refractivity contribution in [2.24, 2.45) is 0 Å². The molecule has 9 rings (SSSR count). The summed E-state index contributed by atoms with van der Waals surface area (Å²) in [6, 6.07) is 53.7. The topological polar surface area (TPSA) is 27.7 Å². The van der Waals surface area contributed by atoms with Crippen LogP contribution < -0.4 is 0 Å². The maximum Gasteiger partial charge on any atom is 0.145 e. The highest BCUT2D eigenvalue weighted by atomic mass is 15.1. The normalized spacial score (nSPS) is 11.7. The Morgan fingerprint density at radius 2 is 1.07 bits per heavy atom. The number of imidazole rings is 1. The van der Waals surface area contributed by atoms with Gasteiger partial charge in [-0.15, -0.1) is 0 Å². The molecular weight excluding hydrogens is 524 g/mol. The van der Waals surface area contributed by atoms with E-state index in [1.54, 1.807) is 0 Å². The summed E-state index contributed by atoms with van der Waals surface area (Å²) in [5.74, 6) is 0.936. The summed E-state index contributed by atoms with van der Waals surface area (Å²) >= 11 is 0. The van der Waals surface area contributed by atoms with Gasteiger partial charge in [0.2, 0.25) is 0 Å². The van der Waals surface area contributed by atoms with Crippen molar-refractivity contribution in [3.05, 3.63) is 158 Å². The van der Waals surface area contributed by atoms with E-state index in [0.717, 1.165) is 39.5 Å². The Balaban J connectivity index is 1.20. The number of nitrogens with zero attached hydrogens (tertiary/aromatic N) is 4. The number of aromatic nitrogens is 4. The predicted octanol–water partition coefficient (Wildman–Crippen LogP) is 9.73. The molecule has 0 bridgehead atoms. The zero-order chi connectivity index (χ0) is 28.3. The molecule has 0 fully saturated rings. The Kier molecular flexibility index (Phi) is 5.16. The molecule has 4 heteroatoms. The molecule has 3 aromatic heterocycles. The third-order valence-corrected chi connectivity index (χ3v) is 8.48. The lowest BCUT2D eigenvalue weighted by Crippen LogP contribution is -1.98. The molecule has 0 spiro atoms. The van der Waals surface area contributed by atoms with Crippen LogP contribution in [0.5, 0.6) is 0 Å². The lowest BCUT2D eigenvalue weighted by molar-refractivity contribution is 1.10. The monoisotopic (exact) mass is 550 g/mol. The molecule has 0 atom stereocenters. The van der Waals surface area contributed by atoms with E-state index in [0.29, 0.717) is 0 Å². The van der Waals surface area contributed by atoms with E-state index in [1.807, 2.05) is 12.1 Å². The van der Waals surface area contributed by atoms with E-state index in [4.69, 9.17) is 4.98 Å². The van der Waals surface area contributed by atoms with Gasteiger partial charge >= 0.3 is 0 Å². The van der Waals surface area contributed by atoms with E-state index >= 15 is 0 Å². The number of benzene rings is 6. The van der Waals surface area contributed by atoms with Crippen LogP contribution in [-0.4, -0.2) is 18.7 Å². The lowest BCUT2D eigenvalue weighted by atomic mass is 10.1. The zero-order valence-electron chi connectivity index (χ0n) is 23.3. The number of para-hydroxylation sites is 5. The van der Waals surface area contributed by atoms with Gasteiger partial charge in [-0.05, 0) is 84.9 Å². The molecule has 4 nitrogen and oxygen atoms in total. The van der Waals surface area contributed by atoms with Crippen LogP contribution in [0.1, 0.15) is 0 Å². The quantitative estimate of drug-likeness (QED) is 0.214. The second kappa shape index (κ2) is 9.33. The summed E-state index contributed by atoms with van der Waals surface area (Å²) in [6.45, 7) is 0. The van der Waals surface area contributed by atoms with Crippen molar-refractivity contribution in [1.82, 2.24) is 18.7 Å². The van der Waals surface area contributed by atoms with Crippen LogP contribution in [0.3, 0.4) is 0 Å². The summed E-state index contributed by atoms with van der Waals surface area (Å²) in [7, 11) is 0. The van der Waals surface area contributed by atoms with Crippen LogP contribution in [-0.2, 0) is 0 Å². The highest BCUT2D eigenvalue weighted by Gasteiger charge is 2.16. The number of hydrogen-bond donors (Lipinski definition) is 0. The zero-order valence-corrected chi connectivity index (χ0v) is 23.3. The SMILES string of the molecule is c1ccc(-n2c(-c3ccc(-n4ccc5cc6c7ccccc7n(-c7ccccc7)c6cc54)cc3)nc3ccccc32)cc1. The minimum absolute atomic E-state index is 0.936. The fourth-order valence-corrected chi connectivity index (χ4v) is 6.51. The van der Waals surface area contributed by atoms with Gasteiger partial charge < -0.3 is 9.13 Å². The van der Waals surface area contributed by atoms with Crippen molar-refractivity contribution >= 4 is 43.7 Å². The van der Waals surface area contributed by atoms with Crippen molar-refractivity contribution in [1.29, 1.82) is 0 Å². The first-order valence-corrected chi connectivity index (χ1v) is 14.6. The molecule has 202 valence electrons. The molecule has 0 amide bonds. The fourth-order valence-electron chi connectivity index (χ4n) is 6.51. The molecule has 0 aliphatic carbocycles. The molecule has 0 radical (unpaired) electrons. The minimum atomic E-state index is 0.936. The van der Waals surface area contributed by atoms with Gasteiger partial charge in [-0.3, -0.25) is 4.57 Å². The second-order valence-electron chi connectivity index (χ2n) is 10.9. The molecule has 0 saturated carbocycles.